The van der Waals surface area contributed by atoms with Crippen molar-refractivity contribution in [2.24, 2.45) is 0 Å². The molecule has 0 unspecified atom stereocenters. The number of fused-ring (bicyclic) bond motifs is 1. The summed E-state index contributed by atoms with van der Waals surface area (Å²) in [6, 6.07) is 20.6. The topological polar surface area (TPSA) is 109 Å². The molecule has 2 heterocycles. The number of para-hydroxylation sites is 2. The molecule has 0 bridgehead atoms. The average molecular weight is 541 g/mol. The molecule has 0 spiro atoms. The van der Waals surface area contributed by atoms with Gasteiger partial charge in [-0.15, -0.1) is 0 Å². The van der Waals surface area contributed by atoms with Crippen molar-refractivity contribution in [2.45, 2.75) is 18.9 Å². The minimum absolute atomic E-state index is 0.142. The number of likely N-dealkylation sites (tertiary alicyclic amines) is 1. The number of hydrogen-bond acceptors (Lipinski definition) is 9. The normalized spacial score (nSPS) is 13.9. The first-order valence-corrected chi connectivity index (χ1v) is 13.2. The van der Waals surface area contributed by atoms with E-state index in [9.17, 15) is 10.4 Å². The summed E-state index contributed by atoms with van der Waals surface area (Å²) in [5.41, 5.74) is 2.38. The molecule has 0 amide bonds. The summed E-state index contributed by atoms with van der Waals surface area (Å²) < 4.78 is 22.9. The number of aliphatic hydroxyl groups is 1. The molecule has 1 atom stereocenters. The van der Waals surface area contributed by atoms with Gasteiger partial charge in [-0.1, -0.05) is 12.1 Å². The number of methoxy groups -OCH3 is 2. The standard InChI is InChI=1S/C31H32N4O5/c1-37-27-7-3-4-8-28(27)40-24-11-9-22(10-12-24)34-31-21(17-32)18-33-26-16-30(29(38-2)15-25(26)31)39-20-23(36)19-35-13-5-6-14-35/h3-4,7-12,15-16,18,23,36H,5-6,13-14,19-20H2,1-2H3,(H,33,34)/t23-/m0/s1. The maximum absolute atomic E-state index is 10.5. The Morgan fingerprint density at radius 2 is 1.70 bits per heavy atom. The Morgan fingerprint density at radius 3 is 2.40 bits per heavy atom. The average Bonchev–Trinajstić information content (AvgIpc) is 3.50. The van der Waals surface area contributed by atoms with E-state index in [4.69, 9.17) is 18.9 Å². The molecule has 5 rings (SSSR count). The van der Waals surface area contributed by atoms with E-state index >= 15 is 0 Å². The zero-order valence-corrected chi connectivity index (χ0v) is 22.6. The number of nitrogens with one attached hydrogen (secondary N) is 1. The smallest absolute Gasteiger partial charge is 0.169 e. The van der Waals surface area contributed by atoms with Crippen LogP contribution in [0.25, 0.3) is 10.9 Å². The summed E-state index contributed by atoms with van der Waals surface area (Å²) in [7, 11) is 3.16. The van der Waals surface area contributed by atoms with Crippen molar-refractivity contribution in [1.29, 1.82) is 5.26 Å². The molecule has 1 aliphatic heterocycles. The van der Waals surface area contributed by atoms with Crippen molar-refractivity contribution < 1.29 is 24.1 Å². The molecule has 1 fully saturated rings. The van der Waals surface area contributed by atoms with Gasteiger partial charge in [-0.3, -0.25) is 4.98 Å². The zero-order valence-electron chi connectivity index (χ0n) is 22.6. The fraction of sp³-hybridized carbons (Fsp3) is 0.290. The Kier molecular flexibility index (Phi) is 8.50. The lowest BCUT2D eigenvalue weighted by molar-refractivity contribution is 0.0747. The second kappa shape index (κ2) is 12.6. The number of β-amino-alcohol motifs (C(OH)–C–C–N with tert-alkyl or cyclic N) is 1. The summed E-state index contributed by atoms with van der Waals surface area (Å²) >= 11 is 0. The molecule has 206 valence electrons. The van der Waals surface area contributed by atoms with Crippen molar-refractivity contribution in [3.63, 3.8) is 0 Å². The van der Waals surface area contributed by atoms with Crippen LogP contribution in [0.15, 0.2) is 66.9 Å². The molecule has 1 aliphatic rings. The Labute approximate surface area is 233 Å². The molecule has 2 N–H and O–H groups in total. The molecule has 0 aliphatic carbocycles. The van der Waals surface area contributed by atoms with Crippen LogP contribution >= 0.6 is 0 Å². The number of aromatic nitrogens is 1. The van der Waals surface area contributed by atoms with Gasteiger partial charge in [-0.2, -0.15) is 5.26 Å². The third-order valence-corrected chi connectivity index (χ3v) is 6.79. The first-order chi connectivity index (χ1) is 19.6. The molecule has 9 nitrogen and oxygen atoms in total. The summed E-state index contributed by atoms with van der Waals surface area (Å²) in [5, 5.41) is 24.3. The maximum Gasteiger partial charge on any atom is 0.169 e. The van der Waals surface area contributed by atoms with E-state index in [1.165, 1.54) is 19.0 Å². The summed E-state index contributed by atoms with van der Waals surface area (Å²) in [6.45, 7) is 2.74. The third kappa shape index (κ3) is 6.20. The van der Waals surface area contributed by atoms with E-state index in [1.54, 1.807) is 26.4 Å². The van der Waals surface area contributed by atoms with E-state index in [2.05, 4.69) is 21.3 Å². The van der Waals surface area contributed by atoms with Gasteiger partial charge in [0.1, 0.15) is 24.5 Å². The van der Waals surface area contributed by atoms with Gasteiger partial charge in [0.05, 0.1) is 31.0 Å². The minimum atomic E-state index is -0.611. The van der Waals surface area contributed by atoms with Crippen molar-refractivity contribution >= 4 is 22.3 Å². The summed E-state index contributed by atoms with van der Waals surface area (Å²) in [5.74, 6) is 2.87. The lowest BCUT2D eigenvalue weighted by Crippen LogP contribution is -2.33. The second-order valence-electron chi connectivity index (χ2n) is 9.55. The van der Waals surface area contributed by atoms with E-state index in [1.807, 2.05) is 48.5 Å². The zero-order chi connectivity index (χ0) is 27.9. The monoisotopic (exact) mass is 540 g/mol. The number of aliphatic hydroxyl groups excluding tert-OH is 1. The third-order valence-electron chi connectivity index (χ3n) is 6.79. The van der Waals surface area contributed by atoms with Crippen LogP contribution < -0.4 is 24.3 Å². The number of benzene rings is 3. The van der Waals surface area contributed by atoms with Gasteiger partial charge in [0.15, 0.2) is 23.0 Å². The van der Waals surface area contributed by atoms with Gasteiger partial charge in [0.25, 0.3) is 0 Å². The van der Waals surface area contributed by atoms with Crippen LogP contribution in [0.5, 0.6) is 28.7 Å². The molecule has 0 radical (unpaired) electrons. The Hall–Kier alpha value is -4.52. The van der Waals surface area contributed by atoms with Crippen molar-refractivity contribution in [3.8, 4) is 34.8 Å². The van der Waals surface area contributed by atoms with Gasteiger partial charge < -0.3 is 34.3 Å². The van der Waals surface area contributed by atoms with E-state index in [0.717, 1.165) is 18.8 Å². The second-order valence-corrected chi connectivity index (χ2v) is 9.55. The molecular weight excluding hydrogens is 508 g/mol. The first kappa shape index (κ1) is 27.1. The van der Waals surface area contributed by atoms with E-state index < -0.39 is 6.10 Å². The summed E-state index contributed by atoms with van der Waals surface area (Å²) in [4.78, 5) is 6.72. The van der Waals surface area contributed by atoms with Gasteiger partial charge >= 0.3 is 0 Å². The highest BCUT2D eigenvalue weighted by Crippen LogP contribution is 2.38. The van der Waals surface area contributed by atoms with Crippen molar-refractivity contribution in [2.75, 3.05) is 45.8 Å². The molecule has 4 aromatic rings. The Balaban J connectivity index is 1.35. The van der Waals surface area contributed by atoms with Crippen LogP contribution in [0.3, 0.4) is 0 Å². The van der Waals surface area contributed by atoms with Crippen LogP contribution in [0.2, 0.25) is 0 Å². The van der Waals surface area contributed by atoms with Gasteiger partial charge in [0.2, 0.25) is 0 Å². The maximum atomic E-state index is 10.5. The number of nitrogens with zero attached hydrogens (tertiary/aromatic N) is 3. The predicted molar refractivity (Wildman–Crippen MR) is 153 cm³/mol. The van der Waals surface area contributed by atoms with Crippen LogP contribution in [-0.4, -0.2) is 61.6 Å². The van der Waals surface area contributed by atoms with Crippen molar-refractivity contribution in [3.05, 3.63) is 72.4 Å². The van der Waals surface area contributed by atoms with Crippen LogP contribution in [-0.2, 0) is 0 Å². The molecule has 1 aromatic heterocycles. The van der Waals surface area contributed by atoms with Gasteiger partial charge in [-0.05, 0) is 68.4 Å². The number of nitriles is 1. The number of hydrogen-bond donors (Lipinski definition) is 2. The highest BCUT2D eigenvalue weighted by atomic mass is 16.5. The van der Waals surface area contributed by atoms with Crippen LogP contribution in [0.1, 0.15) is 18.4 Å². The Bertz CT molecular complexity index is 1500. The largest absolute Gasteiger partial charge is 0.493 e. The molecular formula is C31H32N4O5. The first-order valence-electron chi connectivity index (χ1n) is 13.2. The summed E-state index contributed by atoms with van der Waals surface area (Å²) in [6.07, 6.45) is 3.25. The van der Waals surface area contributed by atoms with Crippen molar-refractivity contribution in [1.82, 2.24) is 9.88 Å². The van der Waals surface area contributed by atoms with Crippen LogP contribution in [0, 0.1) is 11.3 Å². The molecule has 0 saturated carbocycles. The molecule has 3 aromatic carbocycles. The number of ether oxygens (including phenoxy) is 4. The fourth-order valence-corrected chi connectivity index (χ4v) is 4.77. The van der Waals surface area contributed by atoms with Gasteiger partial charge in [-0.25, -0.2) is 0 Å². The van der Waals surface area contributed by atoms with Gasteiger partial charge in [0, 0.05) is 29.9 Å². The van der Waals surface area contributed by atoms with E-state index in [0.29, 0.717) is 57.4 Å². The highest BCUT2D eigenvalue weighted by Gasteiger charge is 2.19. The molecule has 9 heteroatoms. The van der Waals surface area contributed by atoms with Crippen LogP contribution in [0.4, 0.5) is 11.4 Å². The fourth-order valence-electron chi connectivity index (χ4n) is 4.77. The molecule has 40 heavy (non-hydrogen) atoms. The lowest BCUT2D eigenvalue weighted by Gasteiger charge is -2.20. The lowest BCUT2D eigenvalue weighted by atomic mass is 10.1. The number of rotatable bonds is 11. The molecule has 1 saturated heterocycles. The minimum Gasteiger partial charge on any atom is -0.493 e. The van der Waals surface area contributed by atoms with E-state index in [-0.39, 0.29) is 6.61 Å². The predicted octanol–water partition coefficient (Wildman–Crippen LogP) is 5.50. The highest BCUT2D eigenvalue weighted by molar-refractivity contribution is 5.97. The Morgan fingerprint density at radius 1 is 0.975 bits per heavy atom. The quantitative estimate of drug-likeness (QED) is 0.255. The number of pyridine rings is 1. The number of anilines is 2. The SMILES string of the molecule is COc1cc2c(Nc3ccc(Oc4ccccc4OC)cc3)c(C#N)cnc2cc1OC[C@@H](O)CN1CCCC1.